The topological polar surface area (TPSA) is 72.5 Å². The minimum atomic E-state index is -2.11. The number of rotatable bonds is 14. The van der Waals surface area contributed by atoms with Crippen LogP contribution in [0.5, 0.6) is 5.75 Å². The molecule has 2 saturated heterocycles. The van der Waals surface area contributed by atoms with Crippen LogP contribution in [-0.4, -0.2) is 66.8 Å². The highest BCUT2D eigenvalue weighted by Crippen LogP contribution is 2.56. The Kier molecular flexibility index (Phi) is 12.0. The maximum Gasteiger partial charge on any atom is 0.192 e. The molecule has 0 radical (unpaired) electrons. The highest BCUT2D eigenvalue weighted by molar-refractivity contribution is 6.74. The van der Waals surface area contributed by atoms with E-state index < -0.39 is 40.0 Å². The molecule has 0 amide bonds. The lowest BCUT2D eigenvalue weighted by Gasteiger charge is -2.53. The molecule has 3 rings (SSSR count). The minimum absolute atomic E-state index is 0.0623. The Morgan fingerprint density at radius 1 is 1.02 bits per heavy atom. The summed E-state index contributed by atoms with van der Waals surface area (Å²) in [6, 6.07) is 11.2. The first-order valence-electron chi connectivity index (χ1n) is 16.4. The Hall–Kier alpha value is -1.08. The van der Waals surface area contributed by atoms with Gasteiger partial charge in [-0.2, -0.15) is 0 Å². The molecule has 0 saturated carbocycles. The fourth-order valence-electron chi connectivity index (χ4n) is 6.43. The zero-order chi connectivity index (χ0) is 32.3. The van der Waals surface area contributed by atoms with Crippen molar-refractivity contribution in [3.8, 4) is 5.75 Å². The highest BCUT2D eigenvalue weighted by Gasteiger charge is 2.66. The van der Waals surface area contributed by atoms with Crippen LogP contribution in [0.1, 0.15) is 80.7 Å². The number of hydrogen-bond acceptors (Lipinski definition) is 7. The predicted octanol–water partition coefficient (Wildman–Crippen LogP) is 8.13. The van der Waals surface area contributed by atoms with E-state index in [1.807, 2.05) is 24.3 Å². The fourth-order valence-corrected chi connectivity index (χ4v) is 10.5. The van der Waals surface area contributed by atoms with Crippen LogP contribution in [0.4, 0.5) is 0 Å². The summed E-state index contributed by atoms with van der Waals surface area (Å²) in [4.78, 5) is 12.5. The lowest BCUT2D eigenvalue weighted by Crippen LogP contribution is -2.61. The molecule has 2 aliphatic rings. The third-order valence-corrected chi connectivity index (χ3v) is 20.2. The largest absolute Gasteiger partial charge is 0.497 e. The maximum atomic E-state index is 12.5. The third-order valence-electron chi connectivity index (χ3n) is 11.0. The van der Waals surface area contributed by atoms with E-state index in [2.05, 4.69) is 75.4 Å². The van der Waals surface area contributed by atoms with Crippen LogP contribution >= 0.6 is 0 Å². The molecule has 0 aliphatic carbocycles. The number of benzene rings is 1. The van der Waals surface area contributed by atoms with Crippen molar-refractivity contribution in [3.05, 3.63) is 29.8 Å². The van der Waals surface area contributed by atoms with E-state index >= 15 is 0 Å². The molecular weight excluding hydrogens is 577 g/mol. The number of aldehydes is 1. The molecule has 246 valence electrons. The van der Waals surface area contributed by atoms with Crippen LogP contribution in [0.25, 0.3) is 0 Å². The van der Waals surface area contributed by atoms with Gasteiger partial charge in [0.05, 0.1) is 25.9 Å². The normalized spacial score (nSPS) is 29.6. The van der Waals surface area contributed by atoms with Gasteiger partial charge in [-0.25, -0.2) is 0 Å². The van der Waals surface area contributed by atoms with Gasteiger partial charge in [-0.3, -0.25) is 0 Å². The molecule has 43 heavy (non-hydrogen) atoms. The number of methoxy groups -OCH3 is 1. The number of carbonyl (C=O) groups excluding carboxylic acids is 1. The molecule has 2 aliphatic heterocycles. The summed E-state index contributed by atoms with van der Waals surface area (Å²) in [5.41, 5.74) is 0.388. The molecule has 1 aromatic carbocycles. The molecule has 6 atom stereocenters. The average Bonchev–Trinajstić information content (AvgIpc) is 3.16. The molecule has 7 nitrogen and oxygen atoms in total. The van der Waals surface area contributed by atoms with E-state index in [4.69, 9.17) is 27.8 Å². The van der Waals surface area contributed by atoms with Crippen molar-refractivity contribution in [1.29, 1.82) is 0 Å². The Morgan fingerprint density at radius 3 is 2.14 bits per heavy atom. The summed E-state index contributed by atoms with van der Waals surface area (Å²) in [5, 5.41) is 0.0623. The van der Waals surface area contributed by atoms with Gasteiger partial charge in [-0.1, -0.05) is 74.4 Å². The second kappa shape index (κ2) is 14.1. The van der Waals surface area contributed by atoms with Crippen LogP contribution in [0.3, 0.4) is 0 Å². The molecule has 2 fully saturated rings. The van der Waals surface area contributed by atoms with Gasteiger partial charge < -0.3 is 32.6 Å². The SMILES string of the molecule is CC[Si](CC)(CC)OCC[C@H]1O[C@@]2(C[C@H](O[Si](C)(C)C(C)(C)C)[C@H]1C)O[C@@H](C=O)[C@@H](OCc1ccc(OC)cc1)C2(C)C. The van der Waals surface area contributed by atoms with Crippen molar-refractivity contribution in [2.24, 2.45) is 11.3 Å². The third kappa shape index (κ3) is 7.67. The number of hydrogen-bond donors (Lipinski definition) is 0. The maximum absolute atomic E-state index is 12.5. The summed E-state index contributed by atoms with van der Waals surface area (Å²) in [6.45, 7) is 25.7. The predicted molar refractivity (Wildman–Crippen MR) is 178 cm³/mol. The van der Waals surface area contributed by atoms with E-state index in [-0.39, 0.29) is 23.2 Å². The van der Waals surface area contributed by atoms with Gasteiger partial charge in [0.15, 0.2) is 28.7 Å². The smallest absolute Gasteiger partial charge is 0.192 e. The van der Waals surface area contributed by atoms with Crippen LogP contribution in [-0.2, 0) is 34.5 Å². The van der Waals surface area contributed by atoms with Crippen molar-refractivity contribution in [2.75, 3.05) is 13.7 Å². The number of carbonyl (C=O) groups is 1. The molecule has 1 aromatic rings. The molecule has 9 heteroatoms. The van der Waals surface area contributed by atoms with Gasteiger partial charge in [0.1, 0.15) is 18.0 Å². The quantitative estimate of drug-likeness (QED) is 0.151. The minimum Gasteiger partial charge on any atom is -0.497 e. The molecule has 0 N–H and O–H groups in total. The fraction of sp³-hybridized carbons (Fsp3) is 0.794. The summed E-state index contributed by atoms with van der Waals surface area (Å²) >= 11 is 0. The lowest BCUT2D eigenvalue weighted by molar-refractivity contribution is -0.328. The Labute approximate surface area is 263 Å². The second-order valence-electron chi connectivity index (χ2n) is 14.8. The van der Waals surface area contributed by atoms with Crippen molar-refractivity contribution >= 4 is 22.9 Å². The van der Waals surface area contributed by atoms with Gasteiger partial charge in [0.25, 0.3) is 0 Å². The van der Waals surface area contributed by atoms with E-state index in [9.17, 15) is 4.79 Å². The van der Waals surface area contributed by atoms with Crippen LogP contribution < -0.4 is 4.74 Å². The molecule has 1 spiro atoms. The second-order valence-corrected chi connectivity index (χ2v) is 24.3. The van der Waals surface area contributed by atoms with Gasteiger partial charge in [0.2, 0.25) is 0 Å². The molecule has 0 aromatic heterocycles. The van der Waals surface area contributed by atoms with E-state index in [1.165, 1.54) is 0 Å². The van der Waals surface area contributed by atoms with Gasteiger partial charge in [-0.15, -0.1) is 0 Å². The van der Waals surface area contributed by atoms with Crippen LogP contribution in [0, 0.1) is 11.3 Å². The van der Waals surface area contributed by atoms with E-state index in [1.54, 1.807) is 7.11 Å². The summed E-state index contributed by atoms with van der Waals surface area (Å²) in [7, 11) is -2.19. The van der Waals surface area contributed by atoms with Crippen molar-refractivity contribution in [3.63, 3.8) is 0 Å². The average molecular weight is 637 g/mol. The zero-order valence-corrected chi connectivity index (χ0v) is 31.1. The summed E-state index contributed by atoms with van der Waals surface area (Å²) in [5.74, 6) is -0.0813. The Bertz CT molecular complexity index is 1030. The van der Waals surface area contributed by atoms with Gasteiger partial charge in [-0.05, 0) is 60.4 Å². The molecule has 0 bridgehead atoms. The van der Waals surface area contributed by atoms with E-state index in [0.29, 0.717) is 19.6 Å². The van der Waals surface area contributed by atoms with Gasteiger partial charge >= 0.3 is 0 Å². The summed E-state index contributed by atoms with van der Waals surface area (Å²) < 4.78 is 39.4. The van der Waals surface area contributed by atoms with E-state index in [0.717, 1.165) is 42.2 Å². The highest BCUT2D eigenvalue weighted by atomic mass is 28.4. The van der Waals surface area contributed by atoms with Crippen molar-refractivity contribution < 1.29 is 32.6 Å². The lowest BCUT2D eigenvalue weighted by atomic mass is 9.73. The first kappa shape index (κ1) is 36.4. The standard InChI is InChI=1S/C34H60O7Si2/c1-13-43(14-2,15-3)38-21-20-28-25(4)29(41-42(11,12)32(5,6)7)22-34(39-28)33(8,9)31(30(23-35)40-34)37-24-26-16-18-27(36-10)19-17-26/h16-19,23,25,28-31H,13-15,20-22,24H2,1-12H3/t25-,28+,29-,30-,31+,34-/m0/s1. The van der Waals surface area contributed by atoms with Crippen molar-refractivity contribution in [2.45, 2.75) is 148 Å². The Balaban J connectivity index is 1.91. The first-order valence-corrected chi connectivity index (χ1v) is 21.8. The first-order chi connectivity index (χ1) is 20.0. The Morgan fingerprint density at radius 2 is 1.63 bits per heavy atom. The zero-order valence-electron chi connectivity index (χ0n) is 29.1. The van der Waals surface area contributed by atoms with Crippen molar-refractivity contribution in [1.82, 2.24) is 0 Å². The summed E-state index contributed by atoms with van der Waals surface area (Å²) in [6.07, 6.45) is 0.762. The molecule has 0 unspecified atom stereocenters. The molecule has 2 heterocycles. The monoisotopic (exact) mass is 636 g/mol. The van der Waals surface area contributed by atoms with Crippen LogP contribution in [0.2, 0.25) is 36.3 Å². The van der Waals surface area contributed by atoms with Crippen LogP contribution in [0.15, 0.2) is 24.3 Å². The molecular formula is C34H60O7Si2. The van der Waals surface area contributed by atoms with Gasteiger partial charge in [0, 0.05) is 24.4 Å². The number of ether oxygens (including phenoxy) is 4.